The second kappa shape index (κ2) is 3.41. The van der Waals surface area contributed by atoms with Gasteiger partial charge < -0.3 is 10.2 Å². The Labute approximate surface area is 72.3 Å². The molecule has 0 unspecified atom stereocenters. The molecule has 1 radical (unpaired) electrons. The van der Waals surface area contributed by atoms with Crippen LogP contribution in [0, 0.1) is 0 Å². The van der Waals surface area contributed by atoms with Crippen molar-refractivity contribution in [2.75, 3.05) is 32.7 Å². The molecule has 2 aliphatic heterocycles. The number of amides is 1. The van der Waals surface area contributed by atoms with E-state index in [4.69, 9.17) is 0 Å². The number of nitrogens with zero attached hydrogens (tertiary/aromatic N) is 2. The van der Waals surface area contributed by atoms with Crippen molar-refractivity contribution in [1.82, 2.24) is 15.5 Å². The molecule has 2 rings (SSSR count). The minimum atomic E-state index is 0.114. The summed E-state index contributed by atoms with van der Waals surface area (Å²) in [5.74, 6) is 0.274. The molecule has 4 nitrogen and oxygen atoms in total. The number of piperazine rings is 1. The Balaban J connectivity index is 1.84. The fourth-order valence-electron chi connectivity index (χ4n) is 1.55. The zero-order valence-corrected chi connectivity index (χ0v) is 7.12. The monoisotopic (exact) mass is 168 g/mol. The largest absolute Gasteiger partial charge is 0.339 e. The molecule has 0 aromatic carbocycles. The summed E-state index contributed by atoms with van der Waals surface area (Å²) in [5.41, 5.74) is 0. The number of nitrogens with one attached hydrogen (secondary N) is 1. The van der Waals surface area contributed by atoms with Gasteiger partial charge in [-0.15, -0.1) is 0 Å². The number of carbonyl (C=O) groups excluding carboxylic acids is 1. The van der Waals surface area contributed by atoms with E-state index in [1.54, 1.807) is 0 Å². The molecule has 0 aliphatic carbocycles. The molecule has 0 spiro atoms. The van der Waals surface area contributed by atoms with Gasteiger partial charge >= 0.3 is 0 Å². The first kappa shape index (κ1) is 8.01. The molecule has 2 saturated heterocycles. The van der Waals surface area contributed by atoms with Crippen LogP contribution < -0.4 is 10.6 Å². The Morgan fingerprint density at radius 1 is 1.42 bits per heavy atom. The molecule has 0 aromatic heterocycles. The van der Waals surface area contributed by atoms with Crippen molar-refractivity contribution in [2.45, 2.75) is 12.5 Å². The quantitative estimate of drug-likeness (QED) is 0.534. The van der Waals surface area contributed by atoms with Crippen molar-refractivity contribution < 1.29 is 4.79 Å². The van der Waals surface area contributed by atoms with Crippen LogP contribution >= 0.6 is 0 Å². The third-order valence-electron chi connectivity index (χ3n) is 2.49. The Bertz CT molecular complexity index is 173. The van der Waals surface area contributed by atoms with Gasteiger partial charge in [-0.3, -0.25) is 4.79 Å². The van der Waals surface area contributed by atoms with Crippen LogP contribution in [0.2, 0.25) is 0 Å². The van der Waals surface area contributed by atoms with Crippen LogP contribution in [0.4, 0.5) is 0 Å². The summed E-state index contributed by atoms with van der Waals surface area (Å²) < 4.78 is 0. The predicted octanol–water partition coefficient (Wildman–Crippen LogP) is -1.21. The molecule has 1 atom stereocenters. The molecule has 2 aliphatic rings. The lowest BCUT2D eigenvalue weighted by Crippen LogP contribution is -2.57. The highest BCUT2D eigenvalue weighted by Gasteiger charge is 2.29. The van der Waals surface area contributed by atoms with E-state index in [0.717, 1.165) is 39.1 Å². The minimum absolute atomic E-state index is 0.114. The van der Waals surface area contributed by atoms with E-state index in [-0.39, 0.29) is 11.9 Å². The van der Waals surface area contributed by atoms with Crippen LogP contribution in [0.1, 0.15) is 6.42 Å². The van der Waals surface area contributed by atoms with Gasteiger partial charge in [-0.1, -0.05) is 0 Å². The molecule has 2 fully saturated rings. The van der Waals surface area contributed by atoms with E-state index >= 15 is 0 Å². The van der Waals surface area contributed by atoms with E-state index in [2.05, 4.69) is 10.6 Å². The van der Waals surface area contributed by atoms with Gasteiger partial charge in [-0.2, -0.15) is 0 Å². The zero-order chi connectivity index (χ0) is 8.39. The summed E-state index contributed by atoms with van der Waals surface area (Å²) in [6.07, 6.45) is 1.01. The summed E-state index contributed by atoms with van der Waals surface area (Å²) in [7, 11) is 0. The lowest BCUT2D eigenvalue weighted by molar-refractivity contribution is -0.135. The van der Waals surface area contributed by atoms with Gasteiger partial charge in [0.05, 0.1) is 6.04 Å². The van der Waals surface area contributed by atoms with Crippen LogP contribution in [-0.2, 0) is 4.79 Å². The smallest absolute Gasteiger partial charge is 0.239 e. The molecule has 67 valence electrons. The van der Waals surface area contributed by atoms with Crippen LogP contribution in [-0.4, -0.2) is 49.6 Å². The van der Waals surface area contributed by atoms with Crippen LogP contribution in [0.5, 0.6) is 0 Å². The summed E-state index contributed by atoms with van der Waals surface area (Å²) >= 11 is 0. The van der Waals surface area contributed by atoms with E-state index < -0.39 is 0 Å². The maximum atomic E-state index is 11.6. The average molecular weight is 168 g/mol. The first-order valence-corrected chi connectivity index (χ1v) is 4.53. The lowest BCUT2D eigenvalue weighted by Gasteiger charge is -2.34. The molecule has 1 amide bonds. The van der Waals surface area contributed by atoms with Gasteiger partial charge in [0.25, 0.3) is 0 Å². The van der Waals surface area contributed by atoms with E-state index in [1.165, 1.54) is 0 Å². The van der Waals surface area contributed by atoms with E-state index in [1.807, 2.05) is 4.90 Å². The standard InChI is InChI=1S/C8H14N3O/c12-8(7-1-2-10-7)11-5-3-9-4-6-11/h7,10H,1-6H2/t7-/m0/s1. The van der Waals surface area contributed by atoms with Crippen molar-refractivity contribution in [2.24, 2.45) is 0 Å². The molecule has 2 heterocycles. The highest BCUT2D eigenvalue weighted by Crippen LogP contribution is 2.07. The summed E-state index contributed by atoms with van der Waals surface area (Å²) in [5, 5.41) is 7.32. The van der Waals surface area contributed by atoms with Gasteiger partial charge in [-0.25, -0.2) is 5.32 Å². The molecule has 4 heteroatoms. The number of rotatable bonds is 1. The fraction of sp³-hybridized carbons (Fsp3) is 0.875. The molecular formula is C8H14N3O. The Kier molecular flexibility index (Phi) is 2.28. The zero-order valence-electron chi connectivity index (χ0n) is 7.12. The predicted molar refractivity (Wildman–Crippen MR) is 44.9 cm³/mol. The van der Waals surface area contributed by atoms with Crippen molar-refractivity contribution >= 4 is 5.91 Å². The van der Waals surface area contributed by atoms with Crippen molar-refractivity contribution in [3.8, 4) is 0 Å². The van der Waals surface area contributed by atoms with E-state index in [0.29, 0.717) is 0 Å². The Morgan fingerprint density at radius 3 is 2.58 bits per heavy atom. The Morgan fingerprint density at radius 2 is 2.08 bits per heavy atom. The topological polar surface area (TPSA) is 46.4 Å². The molecule has 0 saturated carbocycles. The first-order chi connectivity index (χ1) is 5.88. The van der Waals surface area contributed by atoms with Crippen molar-refractivity contribution in [3.05, 3.63) is 0 Å². The number of hydrogen-bond acceptors (Lipinski definition) is 2. The van der Waals surface area contributed by atoms with Gasteiger partial charge in [0.15, 0.2) is 0 Å². The van der Waals surface area contributed by atoms with Crippen LogP contribution in [0.3, 0.4) is 0 Å². The SMILES string of the molecule is O=C([C@@H]1CCN1)N1CC[N]CC1. The third-order valence-corrected chi connectivity index (χ3v) is 2.49. The molecular weight excluding hydrogens is 154 g/mol. The van der Waals surface area contributed by atoms with Gasteiger partial charge in [0.2, 0.25) is 5.91 Å². The summed E-state index contributed by atoms with van der Waals surface area (Å²) in [6, 6.07) is 0.114. The second-order valence-corrected chi connectivity index (χ2v) is 3.29. The molecule has 1 N–H and O–H groups in total. The maximum Gasteiger partial charge on any atom is 0.239 e. The number of hydrogen-bond donors (Lipinski definition) is 1. The Hall–Kier alpha value is -0.610. The molecule has 0 bridgehead atoms. The van der Waals surface area contributed by atoms with Gasteiger partial charge in [0.1, 0.15) is 0 Å². The summed E-state index contributed by atoms with van der Waals surface area (Å²) in [4.78, 5) is 13.5. The maximum absolute atomic E-state index is 11.6. The van der Waals surface area contributed by atoms with Crippen LogP contribution in [0.25, 0.3) is 0 Å². The highest BCUT2D eigenvalue weighted by molar-refractivity contribution is 5.82. The van der Waals surface area contributed by atoms with Gasteiger partial charge in [-0.05, 0) is 13.0 Å². The third kappa shape index (κ3) is 1.44. The van der Waals surface area contributed by atoms with Gasteiger partial charge in [0, 0.05) is 26.2 Å². The van der Waals surface area contributed by atoms with Crippen molar-refractivity contribution in [3.63, 3.8) is 0 Å². The minimum Gasteiger partial charge on any atom is -0.339 e. The lowest BCUT2D eigenvalue weighted by atomic mass is 10.1. The molecule has 12 heavy (non-hydrogen) atoms. The first-order valence-electron chi connectivity index (χ1n) is 4.53. The van der Waals surface area contributed by atoms with Crippen LogP contribution in [0.15, 0.2) is 0 Å². The molecule has 0 aromatic rings. The second-order valence-electron chi connectivity index (χ2n) is 3.29. The normalized spacial score (nSPS) is 29.7. The fourth-order valence-corrected chi connectivity index (χ4v) is 1.55. The highest BCUT2D eigenvalue weighted by atomic mass is 16.2. The summed E-state index contributed by atoms with van der Waals surface area (Å²) in [6.45, 7) is 4.26. The van der Waals surface area contributed by atoms with E-state index in [9.17, 15) is 4.79 Å². The average Bonchev–Trinajstić information content (AvgIpc) is 2.03. The van der Waals surface area contributed by atoms with Crippen molar-refractivity contribution in [1.29, 1.82) is 0 Å². The number of carbonyl (C=O) groups is 1.